The normalized spacial score (nSPS) is 11.3. The van der Waals surface area contributed by atoms with Crippen LogP contribution in [0.15, 0.2) is 41.4 Å². The van der Waals surface area contributed by atoms with Crippen LogP contribution in [0.4, 0.5) is 18.9 Å². The van der Waals surface area contributed by atoms with Crippen molar-refractivity contribution in [1.82, 2.24) is 5.32 Å². The first-order chi connectivity index (χ1) is 14.3. The third-order valence-electron chi connectivity index (χ3n) is 3.95. The van der Waals surface area contributed by atoms with Crippen LogP contribution >= 0.6 is 24.0 Å². The molecule has 0 aliphatic heterocycles. The maximum atomic E-state index is 12.4. The largest absolute Gasteiger partial charge is 0.493 e. The number of benzene rings is 2. The van der Waals surface area contributed by atoms with Gasteiger partial charge in [0.2, 0.25) is 0 Å². The van der Waals surface area contributed by atoms with Crippen LogP contribution in [-0.4, -0.2) is 47.1 Å². The van der Waals surface area contributed by atoms with Crippen molar-refractivity contribution >= 4 is 35.6 Å². The molecule has 2 aromatic rings. The fourth-order valence-electron chi connectivity index (χ4n) is 2.52. The molecule has 2 rings (SSSR count). The van der Waals surface area contributed by atoms with Crippen LogP contribution in [0, 0.1) is 0 Å². The third kappa shape index (κ3) is 8.23. The molecule has 0 aliphatic rings. The lowest BCUT2D eigenvalue weighted by molar-refractivity contribution is -0.153. The quantitative estimate of drug-likeness (QED) is 0.285. The van der Waals surface area contributed by atoms with Gasteiger partial charge in [0.15, 0.2) is 35.6 Å². The first-order valence-electron chi connectivity index (χ1n) is 8.85. The van der Waals surface area contributed by atoms with Crippen molar-refractivity contribution in [3.05, 3.63) is 42.0 Å². The molecular formula is C20H25F3IN3O4. The van der Waals surface area contributed by atoms with Crippen molar-refractivity contribution in [2.24, 2.45) is 4.99 Å². The zero-order valence-electron chi connectivity index (χ0n) is 17.5. The smallest absolute Gasteiger partial charge is 0.422 e. The molecule has 0 aliphatic carbocycles. The van der Waals surface area contributed by atoms with Gasteiger partial charge < -0.3 is 29.6 Å². The van der Waals surface area contributed by atoms with Gasteiger partial charge in [-0.25, -0.2) is 0 Å². The predicted octanol–water partition coefficient (Wildman–Crippen LogP) is 4.46. The Morgan fingerprint density at radius 1 is 0.903 bits per heavy atom. The number of aliphatic imine (C=N–C) groups is 1. The summed E-state index contributed by atoms with van der Waals surface area (Å²) in [6, 6.07) is 10.0. The summed E-state index contributed by atoms with van der Waals surface area (Å²) in [7, 11) is 6.08. The van der Waals surface area contributed by atoms with Gasteiger partial charge in [-0.3, -0.25) is 4.99 Å². The van der Waals surface area contributed by atoms with Gasteiger partial charge in [-0.2, -0.15) is 13.2 Å². The second-order valence-electron chi connectivity index (χ2n) is 6.01. The summed E-state index contributed by atoms with van der Waals surface area (Å²) in [6.45, 7) is -1.04. The van der Waals surface area contributed by atoms with Crippen LogP contribution in [0.2, 0.25) is 0 Å². The summed E-state index contributed by atoms with van der Waals surface area (Å²) in [5.41, 5.74) is 1.50. The number of halogens is 4. The van der Waals surface area contributed by atoms with E-state index in [1.54, 1.807) is 45.5 Å². The molecule has 11 heteroatoms. The van der Waals surface area contributed by atoms with Crippen molar-refractivity contribution < 1.29 is 32.1 Å². The van der Waals surface area contributed by atoms with Crippen LogP contribution in [0.5, 0.6) is 23.0 Å². The number of methoxy groups -OCH3 is 3. The van der Waals surface area contributed by atoms with Gasteiger partial charge in [-0.1, -0.05) is 6.07 Å². The van der Waals surface area contributed by atoms with Crippen LogP contribution < -0.4 is 29.6 Å². The van der Waals surface area contributed by atoms with Crippen molar-refractivity contribution in [3.63, 3.8) is 0 Å². The maximum Gasteiger partial charge on any atom is 0.422 e. The van der Waals surface area contributed by atoms with Gasteiger partial charge in [0.1, 0.15) is 0 Å². The van der Waals surface area contributed by atoms with Crippen LogP contribution in [-0.2, 0) is 6.54 Å². The number of rotatable bonds is 8. The van der Waals surface area contributed by atoms with E-state index in [0.29, 0.717) is 24.0 Å². The average Bonchev–Trinajstić information content (AvgIpc) is 2.74. The van der Waals surface area contributed by atoms with E-state index < -0.39 is 12.8 Å². The van der Waals surface area contributed by atoms with E-state index in [1.807, 2.05) is 6.07 Å². The standard InChI is InChI=1S/C20H24F3N3O4.HI/c1-24-19(26-14-6-8-15(27-2)18(10-14)29-4)25-11-13-5-7-16(17(9-13)28-3)30-12-20(21,22)23;/h5-10H,11-12H2,1-4H3,(H2,24,25,26);1H. The highest BCUT2D eigenvalue weighted by Crippen LogP contribution is 2.31. The number of hydrogen-bond donors (Lipinski definition) is 2. The molecule has 0 spiro atoms. The molecule has 2 aromatic carbocycles. The zero-order chi connectivity index (χ0) is 22.1. The molecule has 0 saturated heterocycles. The Bertz CT molecular complexity index is 879. The minimum Gasteiger partial charge on any atom is -0.493 e. The van der Waals surface area contributed by atoms with Crippen LogP contribution in [0.1, 0.15) is 5.56 Å². The molecule has 0 amide bonds. The second-order valence-corrected chi connectivity index (χ2v) is 6.01. The molecule has 0 bridgehead atoms. The molecule has 2 N–H and O–H groups in total. The van der Waals surface area contributed by atoms with Gasteiger partial charge >= 0.3 is 6.18 Å². The van der Waals surface area contributed by atoms with E-state index >= 15 is 0 Å². The Labute approximate surface area is 195 Å². The summed E-state index contributed by atoms with van der Waals surface area (Å²) >= 11 is 0. The first kappa shape index (κ1) is 26.5. The highest BCUT2D eigenvalue weighted by Gasteiger charge is 2.29. The fraction of sp³-hybridized carbons (Fsp3) is 0.350. The van der Waals surface area contributed by atoms with E-state index in [1.165, 1.54) is 13.2 Å². The van der Waals surface area contributed by atoms with E-state index in [4.69, 9.17) is 18.9 Å². The molecule has 0 unspecified atom stereocenters. The average molecular weight is 555 g/mol. The van der Waals surface area contributed by atoms with Crippen molar-refractivity contribution in [2.45, 2.75) is 12.7 Å². The minimum atomic E-state index is -4.42. The van der Waals surface area contributed by atoms with Crippen LogP contribution in [0.25, 0.3) is 0 Å². The van der Waals surface area contributed by atoms with Gasteiger partial charge in [0.05, 0.1) is 21.3 Å². The number of ether oxygens (including phenoxy) is 4. The summed E-state index contributed by atoms with van der Waals surface area (Å²) in [5.74, 6) is 1.88. The highest BCUT2D eigenvalue weighted by molar-refractivity contribution is 14.0. The molecule has 172 valence electrons. The lowest BCUT2D eigenvalue weighted by atomic mass is 10.2. The molecule has 0 saturated carbocycles. The SMILES string of the molecule is CN=C(NCc1ccc(OCC(F)(F)F)c(OC)c1)Nc1ccc(OC)c(OC)c1.I. The zero-order valence-corrected chi connectivity index (χ0v) is 19.8. The summed E-state index contributed by atoms with van der Waals surface area (Å²) < 4.78 is 57.5. The Kier molecular flexibility index (Phi) is 10.5. The van der Waals surface area contributed by atoms with Crippen LogP contribution in [0.3, 0.4) is 0 Å². The molecule has 0 radical (unpaired) electrons. The summed E-state index contributed by atoms with van der Waals surface area (Å²) in [6.07, 6.45) is -4.42. The summed E-state index contributed by atoms with van der Waals surface area (Å²) in [5, 5.41) is 6.24. The molecule has 31 heavy (non-hydrogen) atoms. The number of anilines is 1. The van der Waals surface area contributed by atoms with E-state index in [-0.39, 0.29) is 35.5 Å². The van der Waals surface area contributed by atoms with Crippen molar-refractivity contribution in [1.29, 1.82) is 0 Å². The van der Waals surface area contributed by atoms with Gasteiger partial charge in [-0.15, -0.1) is 24.0 Å². The molecule has 0 aromatic heterocycles. The van der Waals surface area contributed by atoms with E-state index in [0.717, 1.165) is 11.3 Å². The third-order valence-corrected chi connectivity index (χ3v) is 3.95. The maximum absolute atomic E-state index is 12.4. The van der Waals surface area contributed by atoms with Crippen molar-refractivity contribution in [2.75, 3.05) is 40.3 Å². The topological polar surface area (TPSA) is 73.3 Å². The Hall–Kier alpha value is -2.57. The number of guanidine groups is 1. The molecule has 0 fully saturated rings. The molecule has 0 heterocycles. The first-order valence-corrected chi connectivity index (χ1v) is 8.85. The Balaban J connectivity index is 0.00000480. The number of nitrogens with one attached hydrogen (secondary N) is 2. The summed E-state index contributed by atoms with van der Waals surface area (Å²) in [4.78, 5) is 4.15. The Morgan fingerprint density at radius 3 is 2.10 bits per heavy atom. The number of nitrogens with zero attached hydrogens (tertiary/aromatic N) is 1. The monoisotopic (exact) mass is 555 g/mol. The number of alkyl halides is 3. The Morgan fingerprint density at radius 2 is 1.52 bits per heavy atom. The van der Waals surface area contributed by atoms with Gasteiger partial charge in [0, 0.05) is 25.3 Å². The lowest BCUT2D eigenvalue weighted by Crippen LogP contribution is -2.30. The fourth-order valence-corrected chi connectivity index (χ4v) is 2.52. The lowest BCUT2D eigenvalue weighted by Gasteiger charge is -2.16. The second kappa shape index (κ2) is 12.3. The van der Waals surface area contributed by atoms with E-state index in [2.05, 4.69) is 15.6 Å². The molecular weight excluding hydrogens is 530 g/mol. The van der Waals surface area contributed by atoms with Gasteiger partial charge in [-0.05, 0) is 29.8 Å². The molecule has 7 nitrogen and oxygen atoms in total. The van der Waals surface area contributed by atoms with Gasteiger partial charge in [0.25, 0.3) is 0 Å². The number of hydrogen-bond acceptors (Lipinski definition) is 5. The molecule has 0 atom stereocenters. The minimum absolute atomic E-state index is 0. The predicted molar refractivity (Wildman–Crippen MR) is 123 cm³/mol. The van der Waals surface area contributed by atoms with E-state index in [9.17, 15) is 13.2 Å². The van der Waals surface area contributed by atoms with Crippen molar-refractivity contribution in [3.8, 4) is 23.0 Å². The highest BCUT2D eigenvalue weighted by atomic mass is 127.